The topological polar surface area (TPSA) is 54.9 Å². The van der Waals surface area contributed by atoms with Crippen molar-refractivity contribution in [3.63, 3.8) is 0 Å². The molecule has 0 aliphatic rings. The van der Waals surface area contributed by atoms with Crippen molar-refractivity contribution in [1.29, 1.82) is 0 Å². The first-order valence-electron chi connectivity index (χ1n) is 5.82. The van der Waals surface area contributed by atoms with E-state index in [1.165, 1.54) is 0 Å². The van der Waals surface area contributed by atoms with E-state index < -0.39 is 0 Å². The summed E-state index contributed by atoms with van der Waals surface area (Å²) < 4.78 is 12.1. The third-order valence-corrected chi connectivity index (χ3v) is 3.89. The summed E-state index contributed by atoms with van der Waals surface area (Å²) in [4.78, 5) is 0. The molecule has 0 spiro atoms. The van der Waals surface area contributed by atoms with Crippen LogP contribution >= 0.6 is 44.1 Å². The third kappa shape index (κ3) is 4.98. The smallest absolute Gasteiger partial charge is 0.187 e. The van der Waals surface area contributed by atoms with Gasteiger partial charge in [0.1, 0.15) is 10.2 Å². The van der Waals surface area contributed by atoms with Crippen LogP contribution in [0.2, 0.25) is 0 Å². The number of nitrogens with zero attached hydrogens (tertiary/aromatic N) is 1. The van der Waals surface area contributed by atoms with Crippen LogP contribution in [0, 0.1) is 0 Å². The van der Waals surface area contributed by atoms with Gasteiger partial charge in [-0.2, -0.15) is 5.10 Å². The standard InChI is InChI=1S/C13H15Br2N3O2S/c1-4-5-16-13(21)18-17-7-8-6-9(14)12(20-3)10(15)11(8)19-2/h4,6-7H,1,5H2,2-3H3,(H2,16,18,21)/b17-7+. The maximum absolute atomic E-state index is 5.37. The zero-order valence-electron chi connectivity index (χ0n) is 11.6. The van der Waals surface area contributed by atoms with Gasteiger partial charge < -0.3 is 14.8 Å². The van der Waals surface area contributed by atoms with Gasteiger partial charge in [-0.05, 0) is 50.1 Å². The van der Waals surface area contributed by atoms with E-state index in [0.29, 0.717) is 27.6 Å². The van der Waals surface area contributed by atoms with Crippen LogP contribution in [0.5, 0.6) is 11.5 Å². The van der Waals surface area contributed by atoms with Gasteiger partial charge in [-0.1, -0.05) is 6.08 Å². The normalized spacial score (nSPS) is 10.3. The lowest BCUT2D eigenvalue weighted by atomic mass is 10.2. The molecule has 2 N–H and O–H groups in total. The first-order chi connectivity index (χ1) is 10.0. The molecule has 114 valence electrons. The van der Waals surface area contributed by atoms with Crippen molar-refractivity contribution in [3.05, 3.63) is 33.2 Å². The van der Waals surface area contributed by atoms with E-state index in [2.05, 4.69) is 54.3 Å². The second kappa shape index (κ2) is 9.01. The van der Waals surface area contributed by atoms with E-state index in [4.69, 9.17) is 21.7 Å². The Kier molecular flexibility index (Phi) is 7.69. The predicted molar refractivity (Wildman–Crippen MR) is 96.5 cm³/mol. The van der Waals surface area contributed by atoms with Crippen LogP contribution in [0.1, 0.15) is 5.56 Å². The van der Waals surface area contributed by atoms with Crippen molar-refractivity contribution in [3.8, 4) is 11.5 Å². The summed E-state index contributed by atoms with van der Waals surface area (Å²) in [5, 5.41) is 7.39. The first kappa shape index (κ1) is 17.9. The molecule has 0 saturated carbocycles. The van der Waals surface area contributed by atoms with Crippen molar-refractivity contribution >= 4 is 55.4 Å². The SMILES string of the molecule is C=CCNC(=S)N/N=C/c1cc(Br)c(OC)c(Br)c1OC. The van der Waals surface area contributed by atoms with Crippen molar-refractivity contribution in [1.82, 2.24) is 10.7 Å². The average Bonchev–Trinajstić information content (AvgIpc) is 2.45. The van der Waals surface area contributed by atoms with Gasteiger partial charge in [0.25, 0.3) is 0 Å². The number of rotatable bonds is 6. The van der Waals surface area contributed by atoms with Gasteiger partial charge in [-0.15, -0.1) is 6.58 Å². The molecule has 1 rings (SSSR count). The van der Waals surface area contributed by atoms with Crippen molar-refractivity contribution < 1.29 is 9.47 Å². The number of nitrogens with one attached hydrogen (secondary N) is 2. The highest BCUT2D eigenvalue weighted by Crippen LogP contribution is 2.41. The molecule has 1 aromatic carbocycles. The molecule has 8 heteroatoms. The molecule has 0 unspecified atom stereocenters. The Morgan fingerprint density at radius 3 is 2.62 bits per heavy atom. The number of halogens is 2. The van der Waals surface area contributed by atoms with Gasteiger partial charge in [-0.25, -0.2) is 0 Å². The van der Waals surface area contributed by atoms with E-state index in [1.807, 2.05) is 6.07 Å². The molecule has 0 atom stereocenters. The minimum absolute atomic E-state index is 0.414. The van der Waals surface area contributed by atoms with E-state index in [-0.39, 0.29) is 0 Å². The lowest BCUT2D eigenvalue weighted by Crippen LogP contribution is -2.31. The fourth-order valence-electron chi connectivity index (χ4n) is 1.46. The molecule has 0 aromatic heterocycles. The van der Waals surface area contributed by atoms with Crippen molar-refractivity contribution in [2.75, 3.05) is 20.8 Å². The monoisotopic (exact) mass is 435 g/mol. The predicted octanol–water partition coefficient (Wildman–Crippen LogP) is 3.21. The Bertz CT molecular complexity index is 565. The second-order valence-corrected chi connectivity index (χ2v) is 5.75. The molecule has 0 aliphatic carbocycles. The number of benzene rings is 1. The molecule has 0 fully saturated rings. The van der Waals surface area contributed by atoms with Crippen LogP contribution in [0.25, 0.3) is 0 Å². The second-order valence-electron chi connectivity index (χ2n) is 3.70. The molecule has 0 radical (unpaired) electrons. The quantitative estimate of drug-likeness (QED) is 0.310. The van der Waals surface area contributed by atoms with Crippen LogP contribution in [-0.4, -0.2) is 32.1 Å². The van der Waals surface area contributed by atoms with Crippen LogP contribution in [0.4, 0.5) is 0 Å². The molecule has 0 amide bonds. The number of thiocarbonyl (C=S) groups is 1. The van der Waals surface area contributed by atoms with Gasteiger partial charge >= 0.3 is 0 Å². The van der Waals surface area contributed by atoms with Gasteiger partial charge in [0.15, 0.2) is 10.9 Å². The van der Waals surface area contributed by atoms with E-state index >= 15 is 0 Å². The Labute approximate surface area is 146 Å². The van der Waals surface area contributed by atoms with Gasteiger partial charge in [-0.3, -0.25) is 5.43 Å². The van der Waals surface area contributed by atoms with Crippen LogP contribution in [0.3, 0.4) is 0 Å². The lowest BCUT2D eigenvalue weighted by molar-refractivity contribution is 0.387. The molecule has 21 heavy (non-hydrogen) atoms. The summed E-state index contributed by atoms with van der Waals surface area (Å²) in [6.07, 6.45) is 3.31. The Balaban J connectivity index is 2.93. The number of hydrogen-bond donors (Lipinski definition) is 2. The number of hydrogen-bond acceptors (Lipinski definition) is 4. The van der Waals surface area contributed by atoms with E-state index in [1.54, 1.807) is 26.5 Å². The summed E-state index contributed by atoms with van der Waals surface area (Å²) in [6.45, 7) is 4.17. The van der Waals surface area contributed by atoms with Gasteiger partial charge in [0.2, 0.25) is 0 Å². The largest absolute Gasteiger partial charge is 0.495 e. The Hall–Kier alpha value is -1.12. The first-order valence-corrected chi connectivity index (χ1v) is 7.82. The van der Waals surface area contributed by atoms with Gasteiger partial charge in [0.05, 0.1) is 24.9 Å². The summed E-state index contributed by atoms with van der Waals surface area (Å²) in [6, 6.07) is 1.84. The fraction of sp³-hybridized carbons (Fsp3) is 0.231. The van der Waals surface area contributed by atoms with Crippen molar-refractivity contribution in [2.45, 2.75) is 0 Å². The molecule has 0 heterocycles. The molecule has 0 aliphatic heterocycles. The molecule has 1 aromatic rings. The molecule has 0 bridgehead atoms. The number of hydrazone groups is 1. The van der Waals surface area contributed by atoms with Crippen LogP contribution in [-0.2, 0) is 0 Å². The minimum Gasteiger partial charge on any atom is -0.495 e. The molecule has 5 nitrogen and oxygen atoms in total. The Morgan fingerprint density at radius 2 is 2.05 bits per heavy atom. The zero-order chi connectivity index (χ0) is 15.8. The fourth-order valence-corrected chi connectivity index (χ4v) is 3.23. The zero-order valence-corrected chi connectivity index (χ0v) is 15.6. The van der Waals surface area contributed by atoms with Crippen molar-refractivity contribution in [2.24, 2.45) is 5.10 Å². The highest BCUT2D eigenvalue weighted by Gasteiger charge is 2.15. The molecular weight excluding hydrogens is 422 g/mol. The summed E-state index contributed by atoms with van der Waals surface area (Å²) in [7, 11) is 3.16. The molecular formula is C13H15Br2N3O2S. The Morgan fingerprint density at radius 1 is 1.38 bits per heavy atom. The van der Waals surface area contributed by atoms with E-state index in [0.717, 1.165) is 10.0 Å². The van der Waals surface area contributed by atoms with Crippen LogP contribution < -0.4 is 20.2 Å². The highest BCUT2D eigenvalue weighted by atomic mass is 79.9. The summed E-state index contributed by atoms with van der Waals surface area (Å²) in [5.41, 5.74) is 3.47. The van der Waals surface area contributed by atoms with Crippen LogP contribution in [0.15, 0.2) is 32.8 Å². The highest BCUT2D eigenvalue weighted by molar-refractivity contribution is 9.11. The molecule has 0 saturated heterocycles. The maximum Gasteiger partial charge on any atom is 0.187 e. The number of methoxy groups -OCH3 is 2. The summed E-state index contributed by atoms with van der Waals surface area (Å²) >= 11 is 11.9. The third-order valence-electron chi connectivity index (χ3n) is 2.34. The maximum atomic E-state index is 5.37. The number of ether oxygens (including phenoxy) is 2. The summed E-state index contributed by atoms with van der Waals surface area (Å²) in [5.74, 6) is 1.27. The lowest BCUT2D eigenvalue weighted by Gasteiger charge is -2.13. The van der Waals surface area contributed by atoms with Gasteiger partial charge in [0, 0.05) is 12.1 Å². The van der Waals surface area contributed by atoms with E-state index in [9.17, 15) is 0 Å². The average molecular weight is 437 g/mol. The minimum atomic E-state index is 0.414.